The molecule has 0 amide bonds. The minimum Gasteiger partial charge on any atom is -0.377 e. The highest BCUT2D eigenvalue weighted by molar-refractivity contribution is 7.89. The van der Waals surface area contributed by atoms with Crippen molar-refractivity contribution in [2.75, 3.05) is 58.7 Å². The van der Waals surface area contributed by atoms with E-state index in [4.69, 9.17) is 4.74 Å². The third-order valence-corrected chi connectivity index (χ3v) is 6.94. The van der Waals surface area contributed by atoms with E-state index in [0.29, 0.717) is 13.1 Å². The van der Waals surface area contributed by atoms with Crippen LogP contribution >= 0.6 is 0 Å². The van der Waals surface area contributed by atoms with Crippen molar-refractivity contribution >= 4 is 16.0 Å². The maximum absolute atomic E-state index is 12.3. The molecule has 8 nitrogen and oxygen atoms in total. The predicted octanol–water partition coefficient (Wildman–Crippen LogP) is 0.868. The van der Waals surface area contributed by atoms with Crippen molar-refractivity contribution in [3.05, 3.63) is 35.9 Å². The summed E-state index contributed by atoms with van der Waals surface area (Å²) in [5, 5.41) is 3.20. The van der Waals surface area contributed by atoms with E-state index in [1.165, 1.54) is 5.56 Å². The number of aliphatic imine (C=N–C) groups is 1. The molecule has 0 spiro atoms. The van der Waals surface area contributed by atoms with Crippen molar-refractivity contribution in [2.24, 2.45) is 4.99 Å². The van der Waals surface area contributed by atoms with Gasteiger partial charge in [0.2, 0.25) is 10.0 Å². The standard InChI is InChI=1S/C21H35N5O3S/c1-22-21(23-10-16-30(27,28)24-17-20-9-5-6-15-29-20)26-13-11-25(12-14-26)18-19-7-3-2-4-8-19/h2-4,7-8,20,24H,5-6,9-18H2,1H3,(H,22,23). The Morgan fingerprint density at radius 1 is 1.17 bits per heavy atom. The summed E-state index contributed by atoms with van der Waals surface area (Å²) >= 11 is 0. The average Bonchev–Trinajstić information content (AvgIpc) is 2.78. The summed E-state index contributed by atoms with van der Waals surface area (Å²) in [6.45, 7) is 6.02. The molecule has 3 rings (SSSR count). The number of piperazine rings is 1. The van der Waals surface area contributed by atoms with Crippen LogP contribution in [0.25, 0.3) is 0 Å². The molecule has 1 unspecified atom stereocenters. The van der Waals surface area contributed by atoms with Gasteiger partial charge < -0.3 is 15.0 Å². The number of nitrogens with zero attached hydrogens (tertiary/aromatic N) is 3. The van der Waals surface area contributed by atoms with Crippen molar-refractivity contribution in [3.63, 3.8) is 0 Å². The Hall–Kier alpha value is -1.68. The molecule has 2 heterocycles. The molecule has 2 aliphatic rings. The number of guanidine groups is 1. The smallest absolute Gasteiger partial charge is 0.213 e. The van der Waals surface area contributed by atoms with Gasteiger partial charge in [0.1, 0.15) is 0 Å². The van der Waals surface area contributed by atoms with E-state index in [-0.39, 0.29) is 11.9 Å². The SMILES string of the molecule is CN=C(NCCS(=O)(=O)NCC1CCCCO1)N1CCN(Cc2ccccc2)CC1. The van der Waals surface area contributed by atoms with Gasteiger partial charge in [0.05, 0.1) is 11.9 Å². The van der Waals surface area contributed by atoms with Crippen molar-refractivity contribution in [3.8, 4) is 0 Å². The minimum absolute atomic E-state index is 0.00133. The largest absolute Gasteiger partial charge is 0.377 e. The Morgan fingerprint density at radius 3 is 2.60 bits per heavy atom. The monoisotopic (exact) mass is 437 g/mol. The Kier molecular flexibility index (Phi) is 8.92. The molecule has 2 aliphatic heterocycles. The summed E-state index contributed by atoms with van der Waals surface area (Å²) in [4.78, 5) is 8.96. The van der Waals surface area contributed by atoms with Gasteiger partial charge in [-0.3, -0.25) is 9.89 Å². The van der Waals surface area contributed by atoms with E-state index >= 15 is 0 Å². The highest BCUT2D eigenvalue weighted by atomic mass is 32.2. The van der Waals surface area contributed by atoms with Crippen molar-refractivity contribution in [1.82, 2.24) is 19.8 Å². The molecule has 0 bridgehead atoms. The Morgan fingerprint density at radius 2 is 1.93 bits per heavy atom. The highest BCUT2D eigenvalue weighted by Gasteiger charge is 2.21. The van der Waals surface area contributed by atoms with Gasteiger partial charge in [-0.15, -0.1) is 0 Å². The molecule has 30 heavy (non-hydrogen) atoms. The molecule has 2 fully saturated rings. The zero-order valence-electron chi connectivity index (χ0n) is 17.9. The quantitative estimate of drug-likeness (QED) is 0.464. The number of benzene rings is 1. The number of hydrogen-bond acceptors (Lipinski definition) is 5. The molecule has 0 saturated carbocycles. The Balaban J connectivity index is 1.36. The average molecular weight is 438 g/mol. The molecular weight excluding hydrogens is 402 g/mol. The third-order valence-electron chi connectivity index (χ3n) is 5.59. The van der Waals surface area contributed by atoms with E-state index in [0.717, 1.165) is 64.6 Å². The lowest BCUT2D eigenvalue weighted by Crippen LogP contribution is -2.52. The third kappa shape index (κ3) is 7.54. The Labute approximate surface area is 180 Å². The topological polar surface area (TPSA) is 86.3 Å². The number of hydrogen-bond donors (Lipinski definition) is 2. The van der Waals surface area contributed by atoms with Gasteiger partial charge in [0, 0.05) is 59.5 Å². The summed E-state index contributed by atoms with van der Waals surface area (Å²) in [6.07, 6.45) is 3.08. The number of ether oxygens (including phenoxy) is 1. The van der Waals surface area contributed by atoms with Gasteiger partial charge in [-0.25, -0.2) is 13.1 Å². The first-order valence-electron chi connectivity index (χ1n) is 10.9. The van der Waals surface area contributed by atoms with Gasteiger partial charge in [0.25, 0.3) is 0 Å². The van der Waals surface area contributed by atoms with Gasteiger partial charge in [-0.2, -0.15) is 0 Å². The van der Waals surface area contributed by atoms with Crippen LogP contribution in [0, 0.1) is 0 Å². The van der Waals surface area contributed by atoms with Crippen LogP contribution in [-0.2, 0) is 21.3 Å². The summed E-state index contributed by atoms with van der Waals surface area (Å²) < 4.78 is 32.8. The van der Waals surface area contributed by atoms with Crippen LogP contribution in [0.4, 0.5) is 0 Å². The summed E-state index contributed by atoms with van der Waals surface area (Å²) in [7, 11) is -1.59. The lowest BCUT2D eigenvalue weighted by atomic mass is 10.1. The fourth-order valence-corrected chi connectivity index (χ4v) is 4.80. The molecule has 1 atom stereocenters. The molecule has 1 aromatic rings. The van der Waals surface area contributed by atoms with Crippen molar-refractivity contribution in [2.45, 2.75) is 31.9 Å². The molecule has 2 N–H and O–H groups in total. The van der Waals surface area contributed by atoms with Crippen LogP contribution in [0.5, 0.6) is 0 Å². The van der Waals surface area contributed by atoms with Gasteiger partial charge in [0.15, 0.2) is 5.96 Å². The van der Waals surface area contributed by atoms with Crippen LogP contribution in [-0.4, -0.2) is 89.0 Å². The highest BCUT2D eigenvalue weighted by Crippen LogP contribution is 2.12. The second-order valence-electron chi connectivity index (χ2n) is 7.88. The summed E-state index contributed by atoms with van der Waals surface area (Å²) in [6, 6.07) is 10.5. The van der Waals surface area contributed by atoms with Crippen molar-refractivity contribution in [1.29, 1.82) is 0 Å². The molecule has 0 radical (unpaired) electrons. The second kappa shape index (κ2) is 11.6. The zero-order chi connectivity index (χ0) is 21.2. The normalized spacial score (nSPS) is 21.6. The molecule has 168 valence electrons. The Bertz CT molecular complexity index is 758. The maximum Gasteiger partial charge on any atom is 0.213 e. The van der Waals surface area contributed by atoms with Crippen LogP contribution in [0.1, 0.15) is 24.8 Å². The molecule has 2 saturated heterocycles. The number of rotatable bonds is 8. The molecular formula is C21H35N5O3S. The van der Waals surface area contributed by atoms with E-state index in [9.17, 15) is 8.42 Å². The first-order chi connectivity index (χ1) is 14.6. The van der Waals surface area contributed by atoms with Gasteiger partial charge >= 0.3 is 0 Å². The lowest BCUT2D eigenvalue weighted by molar-refractivity contribution is 0.0200. The van der Waals surface area contributed by atoms with Gasteiger partial charge in [-0.05, 0) is 24.8 Å². The molecule has 0 aliphatic carbocycles. The molecule has 1 aromatic carbocycles. The molecule has 9 heteroatoms. The van der Waals surface area contributed by atoms with Gasteiger partial charge in [-0.1, -0.05) is 30.3 Å². The van der Waals surface area contributed by atoms with E-state index in [1.54, 1.807) is 7.05 Å². The summed E-state index contributed by atoms with van der Waals surface area (Å²) in [5.41, 5.74) is 1.32. The fraction of sp³-hybridized carbons (Fsp3) is 0.667. The molecule has 0 aromatic heterocycles. The predicted molar refractivity (Wildman–Crippen MR) is 120 cm³/mol. The number of sulfonamides is 1. The number of nitrogens with one attached hydrogen (secondary N) is 2. The second-order valence-corrected chi connectivity index (χ2v) is 9.81. The minimum atomic E-state index is -3.33. The van der Waals surface area contributed by atoms with Crippen LogP contribution in [0.15, 0.2) is 35.3 Å². The van der Waals surface area contributed by atoms with Crippen LogP contribution in [0.2, 0.25) is 0 Å². The van der Waals surface area contributed by atoms with E-state index < -0.39 is 10.0 Å². The van der Waals surface area contributed by atoms with E-state index in [1.807, 2.05) is 6.07 Å². The van der Waals surface area contributed by atoms with Crippen LogP contribution < -0.4 is 10.0 Å². The fourth-order valence-electron chi connectivity index (χ4n) is 3.85. The zero-order valence-corrected chi connectivity index (χ0v) is 18.7. The van der Waals surface area contributed by atoms with Crippen LogP contribution in [0.3, 0.4) is 0 Å². The van der Waals surface area contributed by atoms with E-state index in [2.05, 4.69) is 49.1 Å². The first-order valence-corrected chi connectivity index (χ1v) is 12.5. The first kappa shape index (κ1) is 23.0. The maximum atomic E-state index is 12.3. The van der Waals surface area contributed by atoms with Crippen molar-refractivity contribution < 1.29 is 13.2 Å². The summed E-state index contributed by atoms with van der Waals surface area (Å²) in [5.74, 6) is 0.785. The lowest BCUT2D eigenvalue weighted by Gasteiger charge is -2.36.